The van der Waals surface area contributed by atoms with Crippen LogP contribution in [-0.2, 0) is 14.9 Å². The molecule has 0 radical (unpaired) electrons. The molecule has 0 aliphatic heterocycles. The van der Waals surface area contributed by atoms with Crippen molar-refractivity contribution in [3.05, 3.63) is 17.9 Å². The predicted octanol–water partition coefficient (Wildman–Crippen LogP) is -0.183. The molecule has 0 aliphatic carbocycles. The van der Waals surface area contributed by atoms with E-state index in [-0.39, 0.29) is 0 Å². The van der Waals surface area contributed by atoms with Gasteiger partial charge in [0.05, 0.1) is 7.11 Å². The van der Waals surface area contributed by atoms with Crippen molar-refractivity contribution in [1.82, 2.24) is 4.89 Å². The number of hydrogen-bond donors (Lipinski definition) is 2. The zero-order valence-corrected chi connectivity index (χ0v) is 7.87. The topological polar surface area (TPSA) is 106 Å². The normalized spacial score (nSPS) is 11.5. The molecule has 2 N–H and O–H groups in total. The van der Waals surface area contributed by atoms with Crippen LogP contribution in [0.2, 0.25) is 0 Å². The summed E-state index contributed by atoms with van der Waals surface area (Å²) in [5, 5.41) is 7.94. The summed E-state index contributed by atoms with van der Waals surface area (Å²) in [4.78, 5) is 16.2. The van der Waals surface area contributed by atoms with Crippen LogP contribution >= 0.6 is 0 Å². The van der Waals surface area contributed by atoms with Gasteiger partial charge >= 0.3 is 5.97 Å². The van der Waals surface area contributed by atoms with Gasteiger partial charge in [-0.25, -0.2) is 13.2 Å². The molecule has 0 amide bonds. The molecule has 78 valence electrons. The Hall–Kier alpha value is -1.38. The Kier molecular flexibility index (Phi) is 2.89. The van der Waals surface area contributed by atoms with Crippen molar-refractivity contribution in [2.24, 2.45) is 0 Å². The van der Waals surface area contributed by atoms with Crippen molar-refractivity contribution in [2.75, 3.05) is 7.11 Å². The summed E-state index contributed by atoms with van der Waals surface area (Å²) in [6, 6.07) is 2.05. The second kappa shape index (κ2) is 3.78. The van der Waals surface area contributed by atoms with E-state index in [1.54, 1.807) is 4.89 Å². The molecule has 0 saturated carbocycles. The van der Waals surface area contributed by atoms with Crippen molar-refractivity contribution in [3.8, 4) is 0 Å². The van der Waals surface area contributed by atoms with Gasteiger partial charge in [0.1, 0.15) is 0 Å². The molecule has 0 bridgehead atoms. The molecule has 0 saturated heterocycles. The zero-order chi connectivity index (χ0) is 10.8. The van der Waals surface area contributed by atoms with Gasteiger partial charge in [0.25, 0.3) is 10.0 Å². The Morgan fingerprint density at radius 2 is 2.21 bits per heavy atom. The molecule has 0 fully saturated rings. The van der Waals surface area contributed by atoms with E-state index in [9.17, 15) is 13.2 Å². The first kappa shape index (κ1) is 10.7. The number of carboxylic acids is 1. The smallest absolute Gasteiger partial charge is 0.371 e. The van der Waals surface area contributed by atoms with Crippen LogP contribution < -0.4 is 4.89 Å². The minimum Gasteiger partial charge on any atom is -0.475 e. The third-order valence-electron chi connectivity index (χ3n) is 1.25. The first-order valence-corrected chi connectivity index (χ1v) is 4.83. The maximum Gasteiger partial charge on any atom is 0.371 e. The number of carbonyl (C=O) groups is 1. The molecule has 1 rings (SSSR count). The molecule has 0 unspecified atom stereocenters. The van der Waals surface area contributed by atoms with E-state index in [2.05, 4.69) is 9.25 Å². The lowest BCUT2D eigenvalue weighted by Crippen LogP contribution is -2.21. The van der Waals surface area contributed by atoms with E-state index in [0.29, 0.717) is 0 Å². The van der Waals surface area contributed by atoms with Crippen LogP contribution in [0, 0.1) is 0 Å². The molecule has 0 atom stereocenters. The number of carboxylic acid groups (broad SMARTS) is 1. The maximum absolute atomic E-state index is 11.1. The van der Waals surface area contributed by atoms with Crippen LogP contribution in [0.15, 0.2) is 21.6 Å². The first-order valence-electron chi connectivity index (χ1n) is 3.35. The van der Waals surface area contributed by atoms with Crippen LogP contribution in [0.3, 0.4) is 0 Å². The maximum atomic E-state index is 11.1. The highest BCUT2D eigenvalue weighted by Crippen LogP contribution is 2.13. The molecule has 0 aromatic carbocycles. The minimum absolute atomic E-state index is 0.457. The summed E-state index contributed by atoms with van der Waals surface area (Å²) in [6.45, 7) is 0. The highest BCUT2D eigenvalue weighted by atomic mass is 32.2. The fourth-order valence-corrected chi connectivity index (χ4v) is 1.48. The third kappa shape index (κ3) is 2.10. The van der Waals surface area contributed by atoms with E-state index >= 15 is 0 Å². The first-order chi connectivity index (χ1) is 6.47. The second-order valence-electron chi connectivity index (χ2n) is 2.21. The monoisotopic (exact) mass is 221 g/mol. The lowest BCUT2D eigenvalue weighted by molar-refractivity contribution is 0.0655. The van der Waals surface area contributed by atoms with Crippen LogP contribution in [-0.4, -0.2) is 26.6 Å². The number of hydrogen-bond acceptors (Lipinski definition) is 5. The number of sulfonamides is 1. The van der Waals surface area contributed by atoms with Gasteiger partial charge in [0.15, 0.2) is 0 Å². The summed E-state index contributed by atoms with van der Waals surface area (Å²) in [5.41, 5.74) is 0. The highest BCUT2D eigenvalue weighted by molar-refractivity contribution is 7.89. The van der Waals surface area contributed by atoms with Crippen molar-refractivity contribution in [1.29, 1.82) is 0 Å². The molecule has 14 heavy (non-hydrogen) atoms. The van der Waals surface area contributed by atoms with Crippen molar-refractivity contribution in [3.63, 3.8) is 0 Å². The highest BCUT2D eigenvalue weighted by Gasteiger charge is 2.20. The number of rotatable bonds is 4. The Morgan fingerprint density at radius 1 is 1.57 bits per heavy atom. The van der Waals surface area contributed by atoms with Gasteiger partial charge in [-0.2, -0.15) is 0 Å². The summed E-state index contributed by atoms with van der Waals surface area (Å²) in [5.74, 6) is -1.80. The zero-order valence-electron chi connectivity index (χ0n) is 7.05. The molecule has 0 aliphatic rings. The van der Waals surface area contributed by atoms with Crippen molar-refractivity contribution < 1.29 is 27.6 Å². The lowest BCUT2D eigenvalue weighted by atomic mass is 10.5. The standard InChI is InChI=1S/C6H7NO6S/c1-12-7-14(10,11)5-3-2-4(13-5)6(8)9/h2-3,7H,1H3,(H,8,9). The lowest BCUT2D eigenvalue weighted by Gasteiger charge is -1.98. The molecular weight excluding hydrogens is 214 g/mol. The third-order valence-corrected chi connectivity index (χ3v) is 2.39. The van der Waals surface area contributed by atoms with Gasteiger partial charge in [0.2, 0.25) is 10.9 Å². The summed E-state index contributed by atoms with van der Waals surface area (Å²) in [6.07, 6.45) is 0. The summed E-state index contributed by atoms with van der Waals surface area (Å²) < 4.78 is 26.8. The van der Waals surface area contributed by atoms with Crippen LogP contribution in [0.25, 0.3) is 0 Å². The summed E-state index contributed by atoms with van der Waals surface area (Å²) in [7, 11) is -2.82. The summed E-state index contributed by atoms with van der Waals surface area (Å²) >= 11 is 0. The minimum atomic E-state index is -3.93. The van der Waals surface area contributed by atoms with E-state index in [4.69, 9.17) is 5.11 Å². The average Bonchev–Trinajstić information content (AvgIpc) is 2.51. The van der Waals surface area contributed by atoms with Gasteiger partial charge < -0.3 is 9.52 Å². The van der Waals surface area contributed by atoms with Crippen LogP contribution in [0.5, 0.6) is 0 Å². The van der Waals surface area contributed by atoms with E-state index in [0.717, 1.165) is 19.2 Å². The molecule has 7 nitrogen and oxygen atoms in total. The number of furan rings is 1. The largest absolute Gasteiger partial charge is 0.475 e. The van der Waals surface area contributed by atoms with Gasteiger partial charge in [-0.1, -0.05) is 4.89 Å². The fourth-order valence-electron chi connectivity index (χ4n) is 0.730. The molecule has 1 heterocycles. The Balaban J connectivity index is 3.03. The van der Waals surface area contributed by atoms with Crippen molar-refractivity contribution >= 4 is 16.0 Å². The van der Waals surface area contributed by atoms with Gasteiger partial charge in [0, 0.05) is 0 Å². The van der Waals surface area contributed by atoms with E-state index < -0.39 is 26.8 Å². The van der Waals surface area contributed by atoms with Gasteiger partial charge in [-0.05, 0) is 12.1 Å². The van der Waals surface area contributed by atoms with E-state index in [1.807, 2.05) is 0 Å². The van der Waals surface area contributed by atoms with Crippen LogP contribution in [0.1, 0.15) is 10.6 Å². The number of nitrogens with one attached hydrogen (secondary N) is 1. The molecule has 1 aromatic rings. The van der Waals surface area contributed by atoms with Crippen molar-refractivity contribution in [2.45, 2.75) is 5.09 Å². The van der Waals surface area contributed by atoms with Crippen LogP contribution in [0.4, 0.5) is 0 Å². The van der Waals surface area contributed by atoms with E-state index in [1.165, 1.54) is 0 Å². The Bertz CT molecular complexity index is 433. The quantitative estimate of drug-likeness (QED) is 0.683. The number of aromatic carboxylic acids is 1. The molecular formula is C6H7NO6S. The molecule has 1 aromatic heterocycles. The van der Waals surface area contributed by atoms with Gasteiger partial charge in [-0.15, -0.1) is 0 Å². The molecule has 0 spiro atoms. The predicted molar refractivity (Wildman–Crippen MR) is 43.0 cm³/mol. The Labute approximate surface area is 79.3 Å². The van der Waals surface area contributed by atoms with Gasteiger partial charge in [-0.3, -0.25) is 4.84 Å². The molecule has 8 heteroatoms. The second-order valence-corrected chi connectivity index (χ2v) is 3.79. The average molecular weight is 221 g/mol. The fraction of sp³-hybridized carbons (Fsp3) is 0.167. The SMILES string of the molecule is CONS(=O)(=O)c1ccc(C(=O)O)o1. The Morgan fingerprint density at radius 3 is 2.64 bits per heavy atom.